The van der Waals surface area contributed by atoms with Gasteiger partial charge in [-0.05, 0) is 55.3 Å². The Morgan fingerprint density at radius 3 is 2.83 bits per heavy atom. The number of rotatable bonds is 10. The maximum Gasteiger partial charge on any atom is 0.335 e. The van der Waals surface area contributed by atoms with Gasteiger partial charge in [-0.1, -0.05) is 12.1 Å². The highest BCUT2D eigenvalue weighted by molar-refractivity contribution is 5.92. The van der Waals surface area contributed by atoms with Crippen molar-refractivity contribution in [3.8, 4) is 11.8 Å². The van der Waals surface area contributed by atoms with Crippen LogP contribution in [0.4, 0.5) is 10.1 Å². The van der Waals surface area contributed by atoms with Crippen LogP contribution in [0.1, 0.15) is 40.2 Å². The fraction of sp³-hybridized carbons (Fsp3) is 0.323. The number of nitriles is 1. The molecule has 2 aliphatic rings. The van der Waals surface area contributed by atoms with Crippen LogP contribution < -0.4 is 10.1 Å². The molecular weight excluding hydrogens is 525 g/mol. The largest absolute Gasteiger partial charge is 0.489 e. The quantitative estimate of drug-likeness (QED) is 0.287. The molecule has 2 atom stereocenters. The lowest BCUT2D eigenvalue weighted by molar-refractivity contribution is -0.0591. The summed E-state index contributed by atoms with van der Waals surface area (Å²) in [7, 11) is 0. The molecule has 0 radical (unpaired) electrons. The number of nitrogens with one attached hydrogen (secondary N) is 1. The molecule has 2 fully saturated rings. The summed E-state index contributed by atoms with van der Waals surface area (Å²) >= 11 is 0. The zero-order chi connectivity index (χ0) is 28.3. The molecule has 10 heteroatoms. The molecule has 3 aromatic carbocycles. The highest BCUT2D eigenvalue weighted by Crippen LogP contribution is 2.26. The molecule has 1 aromatic heterocycles. The van der Waals surface area contributed by atoms with Crippen LogP contribution in [0.3, 0.4) is 0 Å². The Morgan fingerprint density at radius 2 is 2.07 bits per heavy atom. The molecule has 2 saturated heterocycles. The maximum atomic E-state index is 14.2. The predicted octanol–water partition coefficient (Wildman–Crippen LogP) is 4.80. The predicted molar refractivity (Wildman–Crippen MR) is 150 cm³/mol. The molecule has 41 heavy (non-hydrogen) atoms. The van der Waals surface area contributed by atoms with E-state index in [0.29, 0.717) is 24.4 Å². The molecule has 0 unspecified atom stereocenters. The summed E-state index contributed by atoms with van der Waals surface area (Å²) in [5.41, 5.74) is 3.45. The molecule has 6 rings (SSSR count). The van der Waals surface area contributed by atoms with Crippen LogP contribution in [-0.4, -0.2) is 57.4 Å². The minimum atomic E-state index is -0.953. The second kappa shape index (κ2) is 11.6. The van der Waals surface area contributed by atoms with E-state index in [1.807, 2.05) is 30.3 Å². The van der Waals surface area contributed by atoms with E-state index in [0.717, 1.165) is 55.1 Å². The number of likely N-dealkylation sites (tertiary alicyclic amines) is 1. The number of nitrogens with zero attached hydrogens (tertiary/aromatic N) is 4. The summed E-state index contributed by atoms with van der Waals surface area (Å²) in [4.78, 5) is 18.8. The van der Waals surface area contributed by atoms with Crippen molar-refractivity contribution in [2.75, 3.05) is 25.0 Å². The molecule has 3 heterocycles. The standard InChI is InChI=1S/C31H30FN5O4/c32-27-12-20(15-33)4-5-22(27)19-41-25-3-1-2-23(14-25)34-24-8-10-36(16-24)18-30-35-28-7-6-21(31(38)39)13-29(28)37(30)17-26-9-11-40-26/h1-7,12-14,24,26,34H,8-11,16-19H2,(H,38,39)/t24-,26+/m1/s1. The van der Waals surface area contributed by atoms with Crippen molar-refractivity contribution in [1.82, 2.24) is 14.5 Å². The number of carboxylic acids is 1. The number of benzene rings is 3. The lowest BCUT2D eigenvalue weighted by Crippen LogP contribution is -2.33. The van der Waals surface area contributed by atoms with Gasteiger partial charge in [0.25, 0.3) is 0 Å². The first-order valence-corrected chi connectivity index (χ1v) is 13.7. The summed E-state index contributed by atoms with van der Waals surface area (Å²) in [5, 5.41) is 22.0. The molecule has 0 saturated carbocycles. The van der Waals surface area contributed by atoms with Gasteiger partial charge in [0.05, 0.1) is 47.4 Å². The van der Waals surface area contributed by atoms with Gasteiger partial charge < -0.3 is 24.5 Å². The van der Waals surface area contributed by atoms with Crippen molar-refractivity contribution in [3.05, 3.63) is 89.0 Å². The number of carboxylic acid groups (broad SMARTS) is 1. The lowest BCUT2D eigenvalue weighted by Gasteiger charge is -2.28. The number of anilines is 1. The highest BCUT2D eigenvalue weighted by Gasteiger charge is 2.27. The van der Waals surface area contributed by atoms with Crippen LogP contribution in [0.15, 0.2) is 60.7 Å². The van der Waals surface area contributed by atoms with Gasteiger partial charge in [0.2, 0.25) is 0 Å². The van der Waals surface area contributed by atoms with Crippen molar-refractivity contribution in [2.45, 2.75) is 44.7 Å². The van der Waals surface area contributed by atoms with Crippen molar-refractivity contribution in [2.24, 2.45) is 0 Å². The molecule has 210 valence electrons. The molecule has 9 nitrogen and oxygen atoms in total. The SMILES string of the molecule is N#Cc1ccc(COc2cccc(N[C@@H]3CCN(Cc4nc5ccc(C(=O)O)cc5n4C[C@@H]4CCO4)C3)c2)c(F)c1. The summed E-state index contributed by atoms with van der Waals surface area (Å²) in [6, 6.07) is 19.2. The summed E-state index contributed by atoms with van der Waals surface area (Å²) in [5.74, 6) is 0.122. The summed E-state index contributed by atoms with van der Waals surface area (Å²) in [6.07, 6.45) is 2.06. The second-order valence-corrected chi connectivity index (χ2v) is 10.5. The van der Waals surface area contributed by atoms with Gasteiger partial charge in [-0.3, -0.25) is 4.90 Å². The first-order valence-electron chi connectivity index (χ1n) is 13.7. The Morgan fingerprint density at radius 1 is 1.20 bits per heavy atom. The molecule has 0 aliphatic carbocycles. The topological polar surface area (TPSA) is 113 Å². The zero-order valence-electron chi connectivity index (χ0n) is 22.4. The van der Waals surface area contributed by atoms with Crippen molar-refractivity contribution in [1.29, 1.82) is 5.26 Å². The molecule has 2 N–H and O–H groups in total. The van der Waals surface area contributed by atoms with Crippen molar-refractivity contribution >= 4 is 22.7 Å². The first-order chi connectivity index (χ1) is 19.9. The summed E-state index contributed by atoms with van der Waals surface area (Å²) in [6.45, 7) is 3.86. The third kappa shape index (κ3) is 6.01. The third-order valence-corrected chi connectivity index (χ3v) is 7.67. The number of halogens is 1. The van der Waals surface area contributed by atoms with Gasteiger partial charge >= 0.3 is 5.97 Å². The average Bonchev–Trinajstić information content (AvgIpc) is 3.53. The normalized spacial score (nSPS) is 18.6. The Bertz CT molecular complexity index is 1630. The summed E-state index contributed by atoms with van der Waals surface area (Å²) < 4.78 is 27.8. The van der Waals surface area contributed by atoms with Crippen LogP contribution in [0.25, 0.3) is 11.0 Å². The smallest absolute Gasteiger partial charge is 0.335 e. The molecule has 0 amide bonds. The number of imidazole rings is 1. The number of aromatic nitrogens is 2. The minimum Gasteiger partial charge on any atom is -0.489 e. The van der Waals surface area contributed by atoms with Crippen LogP contribution >= 0.6 is 0 Å². The molecular formula is C31H30FN5O4. The van der Waals surface area contributed by atoms with Crippen LogP contribution in [0.5, 0.6) is 5.75 Å². The van der Waals surface area contributed by atoms with Crippen LogP contribution in [-0.2, 0) is 24.4 Å². The van der Waals surface area contributed by atoms with Gasteiger partial charge in [0.1, 0.15) is 24.0 Å². The zero-order valence-corrected chi connectivity index (χ0v) is 22.4. The average molecular weight is 556 g/mol. The first kappa shape index (κ1) is 26.7. The van der Waals surface area contributed by atoms with E-state index < -0.39 is 11.8 Å². The van der Waals surface area contributed by atoms with E-state index >= 15 is 0 Å². The number of hydrogen-bond donors (Lipinski definition) is 2. The highest BCUT2D eigenvalue weighted by atomic mass is 19.1. The molecule has 2 aliphatic heterocycles. The molecule has 0 bridgehead atoms. The fourth-order valence-corrected chi connectivity index (χ4v) is 5.36. The van der Waals surface area contributed by atoms with Gasteiger partial charge in [-0.25, -0.2) is 14.2 Å². The number of ether oxygens (including phenoxy) is 2. The fourth-order valence-electron chi connectivity index (χ4n) is 5.36. The van der Waals surface area contributed by atoms with Gasteiger partial charge in [0, 0.05) is 43.1 Å². The minimum absolute atomic E-state index is 0.0685. The lowest BCUT2D eigenvalue weighted by atomic mass is 10.1. The van der Waals surface area contributed by atoms with Crippen molar-refractivity contribution < 1.29 is 23.8 Å². The van der Waals surface area contributed by atoms with Gasteiger partial charge in [-0.15, -0.1) is 0 Å². The van der Waals surface area contributed by atoms with Crippen LogP contribution in [0, 0.1) is 17.1 Å². The Kier molecular flexibility index (Phi) is 7.55. The Hall–Kier alpha value is -4.46. The van der Waals surface area contributed by atoms with E-state index in [-0.39, 0.29) is 29.9 Å². The third-order valence-electron chi connectivity index (χ3n) is 7.67. The van der Waals surface area contributed by atoms with Gasteiger partial charge in [-0.2, -0.15) is 5.26 Å². The Labute approximate surface area is 236 Å². The van der Waals surface area contributed by atoms with Crippen LogP contribution in [0.2, 0.25) is 0 Å². The number of carbonyl (C=O) groups is 1. The van der Waals surface area contributed by atoms with E-state index in [9.17, 15) is 14.3 Å². The number of hydrogen-bond acceptors (Lipinski definition) is 7. The second-order valence-electron chi connectivity index (χ2n) is 10.5. The number of fused-ring (bicyclic) bond motifs is 1. The van der Waals surface area contributed by atoms with E-state index in [2.05, 4.69) is 14.8 Å². The van der Waals surface area contributed by atoms with Gasteiger partial charge in [0.15, 0.2) is 0 Å². The Balaban J connectivity index is 1.09. The van der Waals surface area contributed by atoms with E-state index in [4.69, 9.17) is 19.7 Å². The maximum absolute atomic E-state index is 14.2. The monoisotopic (exact) mass is 555 g/mol. The van der Waals surface area contributed by atoms with Crippen molar-refractivity contribution in [3.63, 3.8) is 0 Å². The number of aromatic carboxylic acids is 1. The molecule has 4 aromatic rings. The van der Waals surface area contributed by atoms with E-state index in [1.54, 1.807) is 30.3 Å². The van der Waals surface area contributed by atoms with E-state index in [1.165, 1.54) is 6.07 Å². The molecule has 0 spiro atoms.